The molecule has 0 fully saturated rings. The molecule has 0 aliphatic rings. The number of aromatic nitrogens is 5. The third-order valence-electron chi connectivity index (χ3n) is 4.97. The van der Waals surface area contributed by atoms with Crippen molar-refractivity contribution in [3.63, 3.8) is 0 Å². The summed E-state index contributed by atoms with van der Waals surface area (Å²) in [7, 11) is 0. The molecule has 3 heterocycles. The lowest BCUT2D eigenvalue weighted by molar-refractivity contribution is -0.121. The highest BCUT2D eigenvalue weighted by molar-refractivity contribution is 5.89. The second-order valence-electron chi connectivity index (χ2n) is 7.08. The number of para-hydroxylation sites is 2. The van der Waals surface area contributed by atoms with Crippen LogP contribution in [0.5, 0.6) is 0 Å². The first-order valence-electron chi connectivity index (χ1n) is 10.1. The van der Waals surface area contributed by atoms with Crippen LogP contribution in [0.3, 0.4) is 0 Å². The number of H-pyrrole nitrogens is 1. The molecule has 0 bridgehead atoms. The molecule has 5 rings (SSSR count). The van der Waals surface area contributed by atoms with Gasteiger partial charge in [-0.25, -0.2) is 10.4 Å². The number of benzene rings is 2. The van der Waals surface area contributed by atoms with Crippen LogP contribution in [-0.2, 0) is 11.3 Å². The van der Waals surface area contributed by atoms with Crippen LogP contribution >= 0.6 is 0 Å². The monoisotopic (exact) mass is 421 g/mol. The number of carbonyl (C=O) groups excluding carboxylic acids is 1. The number of pyridine rings is 1. The van der Waals surface area contributed by atoms with Crippen LogP contribution in [0.2, 0.25) is 0 Å². The van der Waals surface area contributed by atoms with E-state index < -0.39 is 0 Å². The average Bonchev–Trinajstić information content (AvgIpc) is 3.45. The number of hydrogen-bond donors (Lipinski definition) is 2. The van der Waals surface area contributed by atoms with E-state index in [-0.39, 0.29) is 12.5 Å². The van der Waals surface area contributed by atoms with E-state index in [9.17, 15) is 4.79 Å². The van der Waals surface area contributed by atoms with Gasteiger partial charge in [-0.3, -0.25) is 14.9 Å². The van der Waals surface area contributed by atoms with Gasteiger partial charge in [0, 0.05) is 17.3 Å². The van der Waals surface area contributed by atoms with E-state index in [1.165, 1.54) is 0 Å². The average molecular weight is 421 g/mol. The zero-order valence-corrected chi connectivity index (χ0v) is 17.0. The largest absolute Gasteiger partial charge is 0.313 e. The Labute approximate surface area is 183 Å². The third kappa shape index (κ3) is 3.89. The van der Waals surface area contributed by atoms with Gasteiger partial charge >= 0.3 is 0 Å². The molecule has 2 N–H and O–H groups in total. The number of rotatable bonds is 6. The topological polar surface area (TPSA) is 101 Å². The Morgan fingerprint density at radius 2 is 1.84 bits per heavy atom. The van der Waals surface area contributed by atoms with E-state index in [0.717, 1.165) is 27.9 Å². The maximum Gasteiger partial charge on any atom is 0.260 e. The standard InChI is InChI=1S/C24H19N7O/c32-22(29-26-14-18-15-27-30-23(18)17-8-2-1-3-9-17)16-31-21-12-5-4-10-19(21)28-24(31)20-11-6-7-13-25-20/h1-15H,16H2,(H,27,30)(H,29,32)/b26-14+. The van der Waals surface area contributed by atoms with Crippen molar-refractivity contribution < 1.29 is 4.79 Å². The highest BCUT2D eigenvalue weighted by atomic mass is 16.2. The van der Waals surface area contributed by atoms with Crippen molar-refractivity contribution >= 4 is 23.2 Å². The number of amides is 1. The fraction of sp³-hybridized carbons (Fsp3) is 0.0417. The van der Waals surface area contributed by atoms with Crippen molar-refractivity contribution in [2.24, 2.45) is 5.10 Å². The maximum atomic E-state index is 12.7. The fourth-order valence-corrected chi connectivity index (χ4v) is 3.51. The molecule has 5 aromatic rings. The summed E-state index contributed by atoms with van der Waals surface area (Å²) in [6, 6.07) is 23.1. The number of nitrogens with one attached hydrogen (secondary N) is 2. The Hall–Kier alpha value is -4.59. The number of hydrogen-bond acceptors (Lipinski definition) is 5. The van der Waals surface area contributed by atoms with Crippen molar-refractivity contribution in [2.75, 3.05) is 0 Å². The van der Waals surface area contributed by atoms with E-state index >= 15 is 0 Å². The van der Waals surface area contributed by atoms with Gasteiger partial charge in [0.15, 0.2) is 5.82 Å². The van der Waals surface area contributed by atoms with Crippen LogP contribution in [0.1, 0.15) is 5.56 Å². The predicted octanol–water partition coefficient (Wildman–Crippen LogP) is 3.64. The van der Waals surface area contributed by atoms with E-state index in [1.54, 1.807) is 18.6 Å². The summed E-state index contributed by atoms with van der Waals surface area (Å²) in [5, 5.41) is 11.2. The number of aromatic amines is 1. The normalized spacial score (nSPS) is 11.2. The SMILES string of the molecule is O=C(Cn1c(-c2ccccn2)nc2ccccc21)N/N=C/c1cn[nH]c1-c1ccccc1. The molecule has 8 heteroatoms. The Morgan fingerprint density at radius 3 is 2.69 bits per heavy atom. The summed E-state index contributed by atoms with van der Waals surface area (Å²) in [4.78, 5) is 21.8. The van der Waals surface area contributed by atoms with Crippen molar-refractivity contribution in [2.45, 2.75) is 6.54 Å². The van der Waals surface area contributed by atoms with Gasteiger partial charge in [0.05, 0.1) is 29.1 Å². The molecule has 1 amide bonds. The number of carbonyl (C=O) groups is 1. The molecule has 0 spiro atoms. The molecule has 156 valence electrons. The van der Waals surface area contributed by atoms with Gasteiger partial charge in [0.25, 0.3) is 5.91 Å². The van der Waals surface area contributed by atoms with Crippen molar-refractivity contribution in [3.05, 3.63) is 90.8 Å². The molecule has 32 heavy (non-hydrogen) atoms. The number of hydrazone groups is 1. The molecule has 3 aromatic heterocycles. The van der Waals surface area contributed by atoms with Crippen LogP contribution in [0.25, 0.3) is 33.8 Å². The summed E-state index contributed by atoms with van der Waals surface area (Å²) in [6.07, 6.45) is 4.95. The van der Waals surface area contributed by atoms with Gasteiger partial charge in [-0.15, -0.1) is 0 Å². The minimum Gasteiger partial charge on any atom is -0.313 e. The van der Waals surface area contributed by atoms with E-state index in [2.05, 4.69) is 30.7 Å². The Bertz CT molecular complexity index is 1390. The first-order chi connectivity index (χ1) is 15.8. The Balaban J connectivity index is 1.36. The first kappa shape index (κ1) is 19.4. The molecule has 8 nitrogen and oxygen atoms in total. The van der Waals surface area contributed by atoms with Gasteiger partial charge < -0.3 is 4.57 Å². The Kier molecular flexibility index (Phi) is 5.24. The molecular weight excluding hydrogens is 402 g/mol. The van der Waals surface area contributed by atoms with E-state index in [0.29, 0.717) is 11.5 Å². The number of imidazole rings is 1. The first-order valence-corrected chi connectivity index (χ1v) is 10.1. The smallest absolute Gasteiger partial charge is 0.260 e. The van der Waals surface area contributed by atoms with Gasteiger partial charge in [0.1, 0.15) is 12.2 Å². The molecule has 0 aliphatic heterocycles. The Morgan fingerprint density at radius 1 is 1.03 bits per heavy atom. The number of fused-ring (bicyclic) bond motifs is 1. The van der Waals surface area contributed by atoms with E-state index in [1.807, 2.05) is 77.4 Å². The van der Waals surface area contributed by atoms with Crippen LogP contribution in [0.4, 0.5) is 0 Å². The molecule has 0 radical (unpaired) electrons. The van der Waals surface area contributed by atoms with Gasteiger partial charge in [-0.2, -0.15) is 10.2 Å². The summed E-state index contributed by atoms with van der Waals surface area (Å²) < 4.78 is 1.84. The van der Waals surface area contributed by atoms with Crippen molar-refractivity contribution in [1.82, 2.24) is 30.2 Å². The molecule has 0 atom stereocenters. The van der Waals surface area contributed by atoms with Gasteiger partial charge in [-0.05, 0) is 24.3 Å². The predicted molar refractivity (Wildman–Crippen MR) is 123 cm³/mol. The third-order valence-corrected chi connectivity index (χ3v) is 4.97. The molecule has 2 aromatic carbocycles. The highest BCUT2D eigenvalue weighted by Gasteiger charge is 2.15. The van der Waals surface area contributed by atoms with Crippen LogP contribution in [-0.4, -0.2) is 36.9 Å². The summed E-state index contributed by atoms with van der Waals surface area (Å²) in [5.41, 5.74) is 7.56. The lowest BCUT2D eigenvalue weighted by atomic mass is 10.1. The molecule has 0 saturated carbocycles. The van der Waals surface area contributed by atoms with Crippen LogP contribution in [0, 0.1) is 0 Å². The second-order valence-corrected chi connectivity index (χ2v) is 7.08. The molecule has 0 saturated heterocycles. The highest BCUT2D eigenvalue weighted by Crippen LogP contribution is 2.23. The molecule has 0 unspecified atom stereocenters. The van der Waals surface area contributed by atoms with Crippen LogP contribution < -0.4 is 5.43 Å². The minimum absolute atomic E-state index is 0.0562. The van der Waals surface area contributed by atoms with Gasteiger partial charge in [-0.1, -0.05) is 48.5 Å². The van der Waals surface area contributed by atoms with Crippen molar-refractivity contribution in [3.8, 4) is 22.8 Å². The molecular formula is C24H19N7O. The fourth-order valence-electron chi connectivity index (χ4n) is 3.51. The van der Waals surface area contributed by atoms with E-state index in [4.69, 9.17) is 0 Å². The van der Waals surface area contributed by atoms with Gasteiger partial charge in [0.2, 0.25) is 0 Å². The second kappa shape index (κ2) is 8.65. The summed E-state index contributed by atoms with van der Waals surface area (Å²) >= 11 is 0. The van der Waals surface area contributed by atoms with Crippen molar-refractivity contribution in [1.29, 1.82) is 0 Å². The summed E-state index contributed by atoms with van der Waals surface area (Å²) in [6.45, 7) is 0.0562. The summed E-state index contributed by atoms with van der Waals surface area (Å²) in [5.74, 6) is 0.360. The lowest BCUT2D eigenvalue weighted by Gasteiger charge is -2.07. The lowest BCUT2D eigenvalue weighted by Crippen LogP contribution is -2.23. The van der Waals surface area contributed by atoms with Crippen LogP contribution in [0.15, 0.2) is 90.3 Å². The zero-order chi connectivity index (χ0) is 21.8. The minimum atomic E-state index is -0.272. The number of nitrogens with zero attached hydrogens (tertiary/aromatic N) is 5. The zero-order valence-electron chi connectivity index (χ0n) is 17.0. The maximum absolute atomic E-state index is 12.7. The molecule has 0 aliphatic carbocycles. The quantitative estimate of drug-likeness (QED) is 0.323.